The van der Waals surface area contributed by atoms with Crippen LogP contribution >= 0.6 is 0 Å². The number of anilines is 4. The molecule has 2 aromatic rings. The summed E-state index contributed by atoms with van der Waals surface area (Å²) in [5.74, 6) is 0.420. The molecular weight excluding hydrogens is 436 g/mol. The lowest BCUT2D eigenvalue weighted by Crippen LogP contribution is -2.49. The van der Waals surface area contributed by atoms with Crippen molar-refractivity contribution < 1.29 is 19.4 Å². The van der Waals surface area contributed by atoms with Gasteiger partial charge in [-0.3, -0.25) is 9.59 Å². The smallest absolute Gasteiger partial charge is 0.263 e. The van der Waals surface area contributed by atoms with Gasteiger partial charge in [0.25, 0.3) is 11.8 Å². The Labute approximate surface area is 197 Å². The fourth-order valence-corrected chi connectivity index (χ4v) is 4.64. The number of para-hydroxylation sites is 1. The van der Waals surface area contributed by atoms with Gasteiger partial charge in [0.2, 0.25) is 0 Å². The molecule has 1 atom stereocenters. The van der Waals surface area contributed by atoms with Gasteiger partial charge in [0.1, 0.15) is 5.60 Å². The Bertz CT molecular complexity index is 1100. The van der Waals surface area contributed by atoms with E-state index in [1.54, 1.807) is 6.07 Å². The monoisotopic (exact) mass is 466 g/mol. The molecule has 2 amide bonds. The number of hydrogen-bond donors (Lipinski definition) is 6. The van der Waals surface area contributed by atoms with E-state index >= 15 is 0 Å². The van der Waals surface area contributed by atoms with E-state index in [-0.39, 0.29) is 30.5 Å². The van der Waals surface area contributed by atoms with Gasteiger partial charge in [-0.25, -0.2) is 4.98 Å². The van der Waals surface area contributed by atoms with E-state index in [0.29, 0.717) is 49.5 Å². The number of carbonyl (C=O) groups excluding carboxylic acids is 2. The molecule has 2 aliphatic heterocycles. The van der Waals surface area contributed by atoms with Crippen LogP contribution in [0.4, 0.5) is 22.9 Å². The molecule has 180 valence electrons. The number of pyridine rings is 1. The van der Waals surface area contributed by atoms with E-state index in [9.17, 15) is 14.7 Å². The number of carbonyl (C=O) groups is 2. The van der Waals surface area contributed by atoms with E-state index < -0.39 is 5.60 Å². The number of nitrogens with zero attached hydrogens (tertiary/aromatic N) is 1. The van der Waals surface area contributed by atoms with Crippen LogP contribution in [0.25, 0.3) is 0 Å². The first-order chi connectivity index (χ1) is 16.4. The summed E-state index contributed by atoms with van der Waals surface area (Å²) < 4.78 is 5.34. The summed E-state index contributed by atoms with van der Waals surface area (Å²) in [5.41, 5.74) is 1.85. The molecule has 0 saturated heterocycles. The summed E-state index contributed by atoms with van der Waals surface area (Å²) in [6, 6.07) is 9.76. The molecule has 1 fully saturated rings. The molecule has 10 heteroatoms. The van der Waals surface area contributed by atoms with Gasteiger partial charge in [-0.15, -0.1) is 0 Å². The number of aromatic nitrogens is 1. The number of ether oxygens (including phenoxy) is 1. The first-order valence-electron chi connectivity index (χ1n) is 11.7. The van der Waals surface area contributed by atoms with Crippen LogP contribution in [0.3, 0.4) is 0 Å². The summed E-state index contributed by atoms with van der Waals surface area (Å²) in [6.45, 7) is 3.40. The highest BCUT2D eigenvalue weighted by Gasteiger charge is 2.40. The van der Waals surface area contributed by atoms with Crippen molar-refractivity contribution in [3.05, 3.63) is 36.0 Å². The fraction of sp³-hybridized carbons (Fsp3) is 0.458. The molecule has 1 unspecified atom stereocenters. The number of fused-ring (bicyclic) bond motifs is 2. The Morgan fingerprint density at radius 3 is 2.91 bits per heavy atom. The Morgan fingerprint density at radius 2 is 2.09 bits per heavy atom. The van der Waals surface area contributed by atoms with Crippen molar-refractivity contribution in [3.8, 4) is 5.75 Å². The molecule has 1 aromatic heterocycles. The van der Waals surface area contributed by atoms with Crippen LogP contribution in [0.5, 0.6) is 5.75 Å². The fourth-order valence-electron chi connectivity index (χ4n) is 4.64. The van der Waals surface area contributed by atoms with Gasteiger partial charge in [0, 0.05) is 25.2 Å². The van der Waals surface area contributed by atoms with Gasteiger partial charge in [-0.05, 0) is 56.9 Å². The Morgan fingerprint density at radius 1 is 1.26 bits per heavy atom. The van der Waals surface area contributed by atoms with Crippen molar-refractivity contribution in [2.75, 3.05) is 34.4 Å². The summed E-state index contributed by atoms with van der Waals surface area (Å²) in [7, 11) is 0. The van der Waals surface area contributed by atoms with Gasteiger partial charge >= 0.3 is 0 Å². The lowest BCUT2D eigenvalue weighted by atomic mass is 9.81. The molecule has 1 aromatic carbocycles. The van der Waals surface area contributed by atoms with Crippen molar-refractivity contribution in [1.82, 2.24) is 10.3 Å². The molecule has 0 spiro atoms. The third-order valence-corrected chi connectivity index (χ3v) is 6.64. The van der Waals surface area contributed by atoms with Crippen LogP contribution < -0.4 is 31.3 Å². The number of benzene rings is 1. The third-order valence-electron chi connectivity index (χ3n) is 6.64. The molecular formula is C24H30N6O4. The zero-order chi connectivity index (χ0) is 23.7. The van der Waals surface area contributed by atoms with Crippen molar-refractivity contribution in [2.45, 2.75) is 56.8 Å². The summed E-state index contributed by atoms with van der Waals surface area (Å²) in [4.78, 5) is 29.0. The number of nitrogens with one attached hydrogen (secondary N) is 5. The minimum absolute atomic E-state index is 0.00408. The molecule has 6 N–H and O–H groups in total. The van der Waals surface area contributed by atoms with Crippen LogP contribution in [-0.4, -0.2) is 52.7 Å². The van der Waals surface area contributed by atoms with Crippen molar-refractivity contribution >= 4 is 34.7 Å². The van der Waals surface area contributed by atoms with Crippen molar-refractivity contribution in [3.63, 3.8) is 0 Å². The average Bonchev–Trinajstić information content (AvgIpc) is 2.84. The first kappa shape index (κ1) is 22.4. The van der Waals surface area contributed by atoms with Crippen molar-refractivity contribution in [1.29, 1.82) is 0 Å². The van der Waals surface area contributed by atoms with Gasteiger partial charge in [-0.1, -0.05) is 6.07 Å². The van der Waals surface area contributed by atoms with Crippen LogP contribution in [-0.2, 0) is 16.1 Å². The lowest BCUT2D eigenvalue weighted by molar-refractivity contribution is -0.137. The Hall–Kier alpha value is -3.37. The third kappa shape index (κ3) is 4.64. The zero-order valence-corrected chi connectivity index (χ0v) is 19.1. The van der Waals surface area contributed by atoms with Gasteiger partial charge in [0.05, 0.1) is 22.8 Å². The minimum Gasteiger partial charge on any atom is -0.480 e. The molecule has 1 saturated carbocycles. The lowest BCUT2D eigenvalue weighted by Gasteiger charge is -2.35. The molecule has 5 rings (SSSR count). The quantitative estimate of drug-likeness (QED) is 0.394. The second-order valence-electron chi connectivity index (χ2n) is 9.28. The number of amides is 2. The normalized spacial score (nSPS) is 25.5. The topological polar surface area (TPSA) is 137 Å². The second kappa shape index (κ2) is 9.11. The van der Waals surface area contributed by atoms with E-state index in [2.05, 4.69) is 38.5 Å². The predicted octanol–water partition coefficient (Wildman–Crippen LogP) is 2.04. The van der Waals surface area contributed by atoms with E-state index in [1.165, 1.54) is 0 Å². The molecule has 10 nitrogen and oxygen atoms in total. The van der Waals surface area contributed by atoms with E-state index in [4.69, 9.17) is 4.74 Å². The SMILES string of the molecule is CC1CNc2cccc(NC(=O)[C@]3(O)CC[C@@H](NCc4ccc5c(n4)NC(=O)CO5)CC3)c2N1. The molecule has 0 radical (unpaired) electrons. The van der Waals surface area contributed by atoms with Gasteiger partial charge in [0.15, 0.2) is 18.2 Å². The van der Waals surface area contributed by atoms with Crippen LogP contribution in [0.1, 0.15) is 38.3 Å². The zero-order valence-electron chi connectivity index (χ0n) is 19.1. The molecule has 1 aliphatic carbocycles. The Kier molecular flexibility index (Phi) is 6.01. The summed E-state index contributed by atoms with van der Waals surface area (Å²) >= 11 is 0. The van der Waals surface area contributed by atoms with Crippen molar-refractivity contribution in [2.24, 2.45) is 0 Å². The number of hydrogen-bond acceptors (Lipinski definition) is 8. The largest absolute Gasteiger partial charge is 0.480 e. The van der Waals surface area contributed by atoms with E-state index in [1.807, 2.05) is 24.3 Å². The first-order valence-corrected chi connectivity index (χ1v) is 11.7. The molecule has 34 heavy (non-hydrogen) atoms. The maximum Gasteiger partial charge on any atom is 0.263 e. The van der Waals surface area contributed by atoms with Gasteiger partial charge < -0.3 is 36.4 Å². The Balaban J connectivity index is 1.15. The predicted molar refractivity (Wildman–Crippen MR) is 129 cm³/mol. The van der Waals surface area contributed by atoms with Crippen LogP contribution in [0.15, 0.2) is 30.3 Å². The van der Waals surface area contributed by atoms with Crippen LogP contribution in [0.2, 0.25) is 0 Å². The number of rotatable bonds is 5. The maximum absolute atomic E-state index is 13.0. The van der Waals surface area contributed by atoms with E-state index in [0.717, 1.165) is 23.6 Å². The standard InChI is InChI=1S/C24H30N6O4/c1-14-11-26-17-3-2-4-18(21(17)27-14)29-23(32)24(33)9-7-15(8-10-24)25-12-16-5-6-19-22(28-16)30-20(31)13-34-19/h2-6,14-15,25-27,33H,7-13H2,1H3,(H,29,32)(H,28,30,31)/t14?,15-,24+. The highest BCUT2D eigenvalue weighted by Crippen LogP contribution is 2.36. The summed E-state index contributed by atoms with van der Waals surface area (Å²) in [5, 5.41) is 26.9. The average molecular weight is 467 g/mol. The highest BCUT2D eigenvalue weighted by molar-refractivity contribution is 6.01. The maximum atomic E-state index is 13.0. The number of aliphatic hydroxyl groups is 1. The molecule has 3 aliphatic rings. The van der Waals surface area contributed by atoms with Gasteiger partial charge in [-0.2, -0.15) is 0 Å². The minimum atomic E-state index is -1.40. The summed E-state index contributed by atoms with van der Waals surface area (Å²) in [6.07, 6.45) is 2.07. The second-order valence-corrected chi connectivity index (χ2v) is 9.28. The highest BCUT2D eigenvalue weighted by atomic mass is 16.5. The molecule has 0 bridgehead atoms. The van der Waals surface area contributed by atoms with Crippen LogP contribution in [0, 0.1) is 0 Å². The molecule has 3 heterocycles.